The van der Waals surface area contributed by atoms with Gasteiger partial charge in [-0.15, -0.1) is 0 Å². The summed E-state index contributed by atoms with van der Waals surface area (Å²) in [5.74, 6) is -3.05. The number of nitrogens with one attached hydrogen (secondary N) is 2. The second kappa shape index (κ2) is 7.17. The highest BCUT2D eigenvalue weighted by Gasteiger charge is 2.35. The van der Waals surface area contributed by atoms with Crippen LogP contribution in [-0.4, -0.2) is 37.4 Å². The fraction of sp³-hybridized carbons (Fsp3) is 0.400. The maximum absolute atomic E-state index is 13.2. The number of nitrogens with zero attached hydrogens (tertiary/aromatic N) is 1. The van der Waals surface area contributed by atoms with E-state index in [9.17, 15) is 23.2 Å². The van der Waals surface area contributed by atoms with Crippen LogP contribution in [0.25, 0.3) is 0 Å². The zero-order valence-corrected chi connectivity index (χ0v) is 12.6. The van der Waals surface area contributed by atoms with E-state index >= 15 is 0 Å². The second-order valence-corrected chi connectivity index (χ2v) is 5.31. The van der Waals surface area contributed by atoms with E-state index in [0.717, 1.165) is 18.2 Å². The van der Waals surface area contributed by atoms with Gasteiger partial charge >= 0.3 is 0 Å². The van der Waals surface area contributed by atoms with Gasteiger partial charge < -0.3 is 15.5 Å². The van der Waals surface area contributed by atoms with Crippen LogP contribution in [0.15, 0.2) is 18.2 Å². The molecule has 0 saturated carbocycles. The topological polar surface area (TPSA) is 78.5 Å². The van der Waals surface area contributed by atoms with Gasteiger partial charge in [0.25, 0.3) is 0 Å². The Labute approximate surface area is 131 Å². The van der Waals surface area contributed by atoms with E-state index in [2.05, 4.69) is 10.6 Å². The summed E-state index contributed by atoms with van der Waals surface area (Å²) in [6.07, 6.45) is -0.0237. The summed E-state index contributed by atoms with van der Waals surface area (Å²) in [6.45, 7) is 1.97. The van der Waals surface area contributed by atoms with E-state index in [1.165, 1.54) is 11.8 Å². The molecule has 1 unspecified atom stereocenters. The van der Waals surface area contributed by atoms with E-state index in [0.29, 0.717) is 6.54 Å². The number of halogens is 2. The molecule has 1 aliphatic heterocycles. The van der Waals surface area contributed by atoms with Crippen molar-refractivity contribution in [3.8, 4) is 0 Å². The normalized spacial score (nSPS) is 17.3. The predicted molar refractivity (Wildman–Crippen MR) is 78.5 cm³/mol. The smallest absolute Gasteiger partial charge is 0.227 e. The van der Waals surface area contributed by atoms with Gasteiger partial charge in [0.15, 0.2) is 0 Å². The molecule has 2 rings (SSSR count). The highest BCUT2D eigenvalue weighted by molar-refractivity contribution is 6.00. The summed E-state index contributed by atoms with van der Waals surface area (Å²) in [5, 5.41) is 5.15. The van der Waals surface area contributed by atoms with Gasteiger partial charge in [-0.2, -0.15) is 0 Å². The van der Waals surface area contributed by atoms with Crippen LogP contribution in [0.2, 0.25) is 0 Å². The maximum Gasteiger partial charge on any atom is 0.227 e. The molecule has 0 aliphatic carbocycles. The Morgan fingerprint density at radius 3 is 2.39 bits per heavy atom. The average Bonchev–Trinajstić information content (AvgIpc) is 2.84. The third-order valence-electron chi connectivity index (χ3n) is 3.45. The Hall–Kier alpha value is -2.51. The molecule has 1 fully saturated rings. The van der Waals surface area contributed by atoms with Crippen LogP contribution in [0.5, 0.6) is 0 Å². The third kappa shape index (κ3) is 4.48. The molecule has 0 bridgehead atoms. The van der Waals surface area contributed by atoms with Crippen LogP contribution in [-0.2, 0) is 14.4 Å². The van der Waals surface area contributed by atoms with Gasteiger partial charge in [0, 0.05) is 44.7 Å². The lowest BCUT2D eigenvalue weighted by Gasteiger charge is -2.17. The minimum absolute atomic E-state index is 0.0237. The van der Waals surface area contributed by atoms with Crippen molar-refractivity contribution in [2.24, 2.45) is 5.92 Å². The summed E-state index contributed by atoms with van der Waals surface area (Å²) < 4.78 is 26.5. The largest absolute Gasteiger partial charge is 0.355 e. The van der Waals surface area contributed by atoms with Crippen molar-refractivity contribution in [3.05, 3.63) is 29.8 Å². The van der Waals surface area contributed by atoms with Gasteiger partial charge in [-0.3, -0.25) is 14.4 Å². The number of anilines is 1. The van der Waals surface area contributed by atoms with Gasteiger partial charge in [0.05, 0.1) is 5.92 Å². The standard InChI is InChI=1S/C15H17F2N3O3/c1-9(21)18-2-3-19-15(23)10-4-14(22)20(8-10)13-6-11(16)5-12(17)7-13/h5-7,10H,2-4,8H2,1H3,(H,18,21)(H,19,23). The molecule has 2 N–H and O–H groups in total. The molecule has 0 spiro atoms. The second-order valence-electron chi connectivity index (χ2n) is 5.31. The summed E-state index contributed by atoms with van der Waals surface area (Å²) in [5.41, 5.74) is 0.0982. The highest BCUT2D eigenvalue weighted by Crippen LogP contribution is 2.26. The van der Waals surface area contributed by atoms with Crippen molar-refractivity contribution < 1.29 is 23.2 Å². The van der Waals surface area contributed by atoms with E-state index in [1.807, 2.05) is 0 Å². The molecule has 6 nitrogen and oxygen atoms in total. The monoisotopic (exact) mass is 325 g/mol. The summed E-state index contributed by atoms with van der Waals surface area (Å²) in [7, 11) is 0. The van der Waals surface area contributed by atoms with E-state index < -0.39 is 17.6 Å². The lowest BCUT2D eigenvalue weighted by molar-refractivity contribution is -0.126. The first-order valence-corrected chi connectivity index (χ1v) is 7.15. The number of carbonyl (C=O) groups is 3. The Kier molecular flexibility index (Phi) is 5.25. The van der Waals surface area contributed by atoms with Gasteiger partial charge in [0.1, 0.15) is 11.6 Å². The zero-order valence-electron chi connectivity index (χ0n) is 12.6. The summed E-state index contributed by atoms with van der Waals surface area (Å²) in [6, 6.07) is 2.83. The molecule has 1 aromatic rings. The van der Waals surface area contributed by atoms with E-state index in [1.54, 1.807) is 0 Å². The molecular weight excluding hydrogens is 308 g/mol. The number of carbonyl (C=O) groups excluding carboxylic acids is 3. The van der Waals surface area contributed by atoms with Crippen molar-refractivity contribution in [3.63, 3.8) is 0 Å². The lowest BCUT2D eigenvalue weighted by atomic mass is 10.1. The number of hydrogen-bond donors (Lipinski definition) is 2. The third-order valence-corrected chi connectivity index (χ3v) is 3.45. The Balaban J connectivity index is 1.94. The Morgan fingerprint density at radius 1 is 1.17 bits per heavy atom. The fourth-order valence-electron chi connectivity index (χ4n) is 2.40. The van der Waals surface area contributed by atoms with Crippen molar-refractivity contribution in [1.82, 2.24) is 10.6 Å². The minimum Gasteiger partial charge on any atom is -0.355 e. The fourth-order valence-corrected chi connectivity index (χ4v) is 2.40. The molecule has 1 saturated heterocycles. The quantitative estimate of drug-likeness (QED) is 0.777. The highest BCUT2D eigenvalue weighted by atomic mass is 19.1. The van der Waals surface area contributed by atoms with Gasteiger partial charge in [-0.1, -0.05) is 0 Å². The van der Waals surface area contributed by atoms with Crippen LogP contribution >= 0.6 is 0 Å². The molecule has 124 valence electrons. The number of hydrogen-bond acceptors (Lipinski definition) is 3. The molecule has 8 heteroatoms. The van der Waals surface area contributed by atoms with Crippen molar-refractivity contribution >= 4 is 23.4 Å². The molecule has 1 atom stereocenters. The average molecular weight is 325 g/mol. The lowest BCUT2D eigenvalue weighted by Crippen LogP contribution is -2.38. The number of benzene rings is 1. The summed E-state index contributed by atoms with van der Waals surface area (Å²) in [4.78, 5) is 35.9. The van der Waals surface area contributed by atoms with E-state index in [-0.39, 0.29) is 42.9 Å². The molecule has 1 aromatic carbocycles. The zero-order chi connectivity index (χ0) is 17.0. The molecule has 3 amide bonds. The first-order valence-electron chi connectivity index (χ1n) is 7.15. The molecule has 0 radical (unpaired) electrons. The first kappa shape index (κ1) is 16.9. The Bertz CT molecular complexity index is 616. The first-order chi connectivity index (χ1) is 10.9. The van der Waals surface area contributed by atoms with Crippen LogP contribution in [0, 0.1) is 17.6 Å². The Morgan fingerprint density at radius 2 is 1.78 bits per heavy atom. The maximum atomic E-state index is 13.2. The molecule has 1 heterocycles. The molecule has 1 aliphatic rings. The van der Waals surface area contributed by atoms with Crippen molar-refractivity contribution in [2.45, 2.75) is 13.3 Å². The van der Waals surface area contributed by atoms with Crippen molar-refractivity contribution in [1.29, 1.82) is 0 Å². The van der Waals surface area contributed by atoms with E-state index in [4.69, 9.17) is 0 Å². The van der Waals surface area contributed by atoms with Crippen molar-refractivity contribution in [2.75, 3.05) is 24.5 Å². The minimum atomic E-state index is -0.781. The van der Waals surface area contributed by atoms with Crippen LogP contribution in [0.3, 0.4) is 0 Å². The molecular formula is C15H17F2N3O3. The summed E-state index contributed by atoms with van der Waals surface area (Å²) >= 11 is 0. The van der Waals surface area contributed by atoms with Gasteiger partial charge in [-0.05, 0) is 12.1 Å². The molecule has 0 aromatic heterocycles. The molecule has 23 heavy (non-hydrogen) atoms. The predicted octanol–water partition coefficient (Wildman–Crippen LogP) is 0.570. The van der Waals surface area contributed by atoms with Crippen LogP contribution in [0.4, 0.5) is 14.5 Å². The van der Waals surface area contributed by atoms with Crippen LogP contribution < -0.4 is 15.5 Å². The van der Waals surface area contributed by atoms with Gasteiger partial charge in [-0.25, -0.2) is 8.78 Å². The van der Waals surface area contributed by atoms with Gasteiger partial charge in [0.2, 0.25) is 17.7 Å². The number of amides is 3. The number of rotatable bonds is 5. The van der Waals surface area contributed by atoms with Crippen LogP contribution in [0.1, 0.15) is 13.3 Å². The SMILES string of the molecule is CC(=O)NCCNC(=O)C1CC(=O)N(c2cc(F)cc(F)c2)C1.